The third-order valence-electron chi connectivity index (χ3n) is 5.06. The normalized spacial score (nSPS) is 18.7. The summed E-state index contributed by atoms with van der Waals surface area (Å²) in [7, 11) is 2.07. The standard InChI is InChI=1S/C19H21FN2O/c1-12-19(2,3)16-10-9-15(11-17(16)22(12)4)21-18(23)13-5-7-14(20)8-6-13/h5-12H,1-4H3,(H,21,23)/t12-/m0/s1. The maximum Gasteiger partial charge on any atom is 0.255 e. The van der Waals surface area contributed by atoms with Gasteiger partial charge in [0.25, 0.3) is 5.91 Å². The van der Waals surface area contributed by atoms with E-state index in [-0.39, 0.29) is 17.1 Å². The Kier molecular flexibility index (Phi) is 3.63. The molecule has 3 nitrogen and oxygen atoms in total. The summed E-state index contributed by atoms with van der Waals surface area (Å²) in [6.45, 7) is 6.67. The van der Waals surface area contributed by atoms with Gasteiger partial charge in [-0.1, -0.05) is 19.9 Å². The van der Waals surface area contributed by atoms with Crippen LogP contribution in [0, 0.1) is 5.82 Å². The molecular formula is C19H21FN2O. The summed E-state index contributed by atoms with van der Waals surface area (Å²) in [5.41, 5.74) is 3.68. The molecule has 0 unspecified atom stereocenters. The molecule has 0 radical (unpaired) electrons. The maximum absolute atomic E-state index is 12.9. The number of halogens is 1. The summed E-state index contributed by atoms with van der Waals surface area (Å²) in [5, 5.41) is 2.88. The van der Waals surface area contributed by atoms with E-state index in [0.29, 0.717) is 11.6 Å². The number of carbonyl (C=O) groups is 1. The van der Waals surface area contributed by atoms with Gasteiger partial charge < -0.3 is 10.2 Å². The van der Waals surface area contributed by atoms with Gasteiger partial charge in [-0.15, -0.1) is 0 Å². The van der Waals surface area contributed by atoms with Gasteiger partial charge >= 0.3 is 0 Å². The van der Waals surface area contributed by atoms with E-state index in [1.54, 1.807) is 0 Å². The zero-order valence-corrected chi connectivity index (χ0v) is 13.9. The van der Waals surface area contributed by atoms with Crippen molar-refractivity contribution in [1.29, 1.82) is 0 Å². The fourth-order valence-corrected chi connectivity index (χ4v) is 3.17. The zero-order chi connectivity index (χ0) is 16.8. The highest BCUT2D eigenvalue weighted by atomic mass is 19.1. The SMILES string of the molecule is C[C@@H]1N(C)c2cc(NC(=O)c3ccc(F)cc3)ccc2C1(C)C. The molecule has 2 aromatic carbocycles. The first kappa shape index (κ1) is 15.5. The van der Waals surface area contributed by atoms with Gasteiger partial charge in [0.2, 0.25) is 0 Å². The van der Waals surface area contributed by atoms with Crippen LogP contribution in [0.4, 0.5) is 15.8 Å². The van der Waals surface area contributed by atoms with Crippen molar-refractivity contribution in [2.75, 3.05) is 17.3 Å². The van der Waals surface area contributed by atoms with Gasteiger partial charge in [0.15, 0.2) is 0 Å². The predicted octanol–water partition coefficient (Wildman–Crippen LogP) is 4.19. The molecular weight excluding hydrogens is 291 g/mol. The molecule has 120 valence electrons. The topological polar surface area (TPSA) is 32.3 Å². The predicted molar refractivity (Wildman–Crippen MR) is 91.7 cm³/mol. The summed E-state index contributed by atoms with van der Waals surface area (Å²) in [4.78, 5) is 14.5. The minimum Gasteiger partial charge on any atom is -0.371 e. The van der Waals surface area contributed by atoms with Gasteiger partial charge in [-0.25, -0.2) is 4.39 Å². The molecule has 1 atom stereocenters. The summed E-state index contributed by atoms with van der Waals surface area (Å²) < 4.78 is 12.9. The molecule has 23 heavy (non-hydrogen) atoms. The van der Waals surface area contributed by atoms with Crippen LogP contribution in [0.5, 0.6) is 0 Å². The molecule has 1 amide bonds. The maximum atomic E-state index is 12.9. The van der Waals surface area contributed by atoms with E-state index in [4.69, 9.17) is 0 Å². The number of nitrogens with zero attached hydrogens (tertiary/aromatic N) is 1. The number of likely N-dealkylation sites (N-methyl/N-ethyl adjacent to an activating group) is 1. The molecule has 2 aromatic rings. The number of carbonyl (C=O) groups excluding carboxylic acids is 1. The van der Waals surface area contributed by atoms with Gasteiger partial charge in [0, 0.05) is 35.4 Å². The number of nitrogens with one attached hydrogen (secondary N) is 1. The highest BCUT2D eigenvalue weighted by Crippen LogP contribution is 2.45. The van der Waals surface area contributed by atoms with Crippen LogP contribution in [-0.4, -0.2) is 19.0 Å². The molecule has 3 rings (SSSR count). The lowest BCUT2D eigenvalue weighted by Crippen LogP contribution is -2.36. The van der Waals surface area contributed by atoms with Gasteiger partial charge in [-0.3, -0.25) is 4.79 Å². The molecule has 4 heteroatoms. The van der Waals surface area contributed by atoms with E-state index in [9.17, 15) is 9.18 Å². The third-order valence-corrected chi connectivity index (χ3v) is 5.06. The van der Waals surface area contributed by atoms with Crippen molar-refractivity contribution >= 4 is 17.3 Å². The van der Waals surface area contributed by atoms with Crippen LogP contribution >= 0.6 is 0 Å². The van der Waals surface area contributed by atoms with Crippen molar-refractivity contribution in [2.24, 2.45) is 0 Å². The Hall–Kier alpha value is -2.36. The Balaban J connectivity index is 1.86. The Morgan fingerprint density at radius 3 is 2.48 bits per heavy atom. The van der Waals surface area contributed by atoms with Crippen molar-refractivity contribution in [3.05, 3.63) is 59.4 Å². The molecule has 0 fully saturated rings. The number of hydrogen-bond donors (Lipinski definition) is 1. The number of rotatable bonds is 2. The van der Waals surface area contributed by atoms with Crippen molar-refractivity contribution in [3.63, 3.8) is 0 Å². The summed E-state index contributed by atoms with van der Waals surface area (Å²) in [6, 6.07) is 11.9. The highest BCUT2D eigenvalue weighted by Gasteiger charge is 2.40. The van der Waals surface area contributed by atoms with Crippen LogP contribution in [0.15, 0.2) is 42.5 Å². The number of amides is 1. The fraction of sp³-hybridized carbons (Fsp3) is 0.316. The molecule has 0 bridgehead atoms. The van der Waals surface area contributed by atoms with E-state index >= 15 is 0 Å². The average Bonchev–Trinajstić information content (AvgIpc) is 2.69. The monoisotopic (exact) mass is 312 g/mol. The van der Waals surface area contributed by atoms with Crippen LogP contribution < -0.4 is 10.2 Å². The minimum atomic E-state index is -0.350. The second-order valence-electron chi connectivity index (χ2n) is 6.70. The number of benzene rings is 2. The van der Waals surface area contributed by atoms with E-state index in [2.05, 4.69) is 44.1 Å². The smallest absolute Gasteiger partial charge is 0.255 e. The highest BCUT2D eigenvalue weighted by molar-refractivity contribution is 6.04. The minimum absolute atomic E-state index is 0.0730. The van der Waals surface area contributed by atoms with Crippen LogP contribution in [0.1, 0.15) is 36.7 Å². The van der Waals surface area contributed by atoms with Gasteiger partial charge in [-0.05, 0) is 48.9 Å². The Morgan fingerprint density at radius 1 is 1.17 bits per heavy atom. The van der Waals surface area contributed by atoms with Crippen LogP contribution in [0.25, 0.3) is 0 Å². The lowest BCUT2D eigenvalue weighted by molar-refractivity contribution is 0.102. The van der Waals surface area contributed by atoms with Crippen LogP contribution in [-0.2, 0) is 5.41 Å². The Bertz CT molecular complexity index is 752. The van der Waals surface area contributed by atoms with E-state index in [0.717, 1.165) is 11.4 Å². The molecule has 0 saturated carbocycles. The van der Waals surface area contributed by atoms with Gasteiger partial charge in [-0.2, -0.15) is 0 Å². The first-order valence-electron chi connectivity index (χ1n) is 7.75. The summed E-state index contributed by atoms with van der Waals surface area (Å²) in [6.07, 6.45) is 0. The summed E-state index contributed by atoms with van der Waals surface area (Å²) >= 11 is 0. The average molecular weight is 312 g/mol. The van der Waals surface area contributed by atoms with Crippen molar-refractivity contribution in [2.45, 2.75) is 32.2 Å². The molecule has 0 aromatic heterocycles. The fourth-order valence-electron chi connectivity index (χ4n) is 3.17. The van der Waals surface area contributed by atoms with Crippen molar-refractivity contribution < 1.29 is 9.18 Å². The van der Waals surface area contributed by atoms with Gasteiger partial charge in [0.1, 0.15) is 5.82 Å². The van der Waals surface area contributed by atoms with Crippen molar-refractivity contribution in [3.8, 4) is 0 Å². The first-order chi connectivity index (χ1) is 10.8. The molecule has 1 heterocycles. The van der Waals surface area contributed by atoms with Crippen molar-refractivity contribution in [1.82, 2.24) is 0 Å². The number of hydrogen-bond acceptors (Lipinski definition) is 2. The third kappa shape index (κ3) is 2.58. The lowest BCUT2D eigenvalue weighted by Gasteiger charge is -2.28. The largest absolute Gasteiger partial charge is 0.371 e. The molecule has 1 N–H and O–H groups in total. The second kappa shape index (κ2) is 5.37. The Morgan fingerprint density at radius 2 is 1.83 bits per heavy atom. The summed E-state index contributed by atoms with van der Waals surface area (Å²) in [5.74, 6) is -0.588. The second-order valence-corrected chi connectivity index (χ2v) is 6.70. The van der Waals surface area contributed by atoms with Crippen LogP contribution in [0.2, 0.25) is 0 Å². The molecule has 0 spiro atoms. The molecule has 0 aliphatic carbocycles. The van der Waals surface area contributed by atoms with E-state index < -0.39 is 0 Å². The van der Waals surface area contributed by atoms with Gasteiger partial charge in [0.05, 0.1) is 0 Å². The molecule has 1 aliphatic heterocycles. The van der Waals surface area contributed by atoms with E-state index in [1.807, 2.05) is 12.1 Å². The quantitative estimate of drug-likeness (QED) is 0.901. The van der Waals surface area contributed by atoms with E-state index in [1.165, 1.54) is 29.8 Å². The molecule has 0 saturated heterocycles. The Labute approximate surface area is 136 Å². The number of fused-ring (bicyclic) bond motifs is 1. The molecule has 1 aliphatic rings. The zero-order valence-electron chi connectivity index (χ0n) is 13.9. The lowest BCUT2D eigenvalue weighted by atomic mass is 9.81. The first-order valence-corrected chi connectivity index (χ1v) is 7.75. The van der Waals surface area contributed by atoms with Crippen LogP contribution in [0.3, 0.4) is 0 Å². The number of anilines is 2.